The Morgan fingerprint density at radius 1 is 1.06 bits per heavy atom. The van der Waals surface area contributed by atoms with E-state index in [2.05, 4.69) is 26.1 Å². The van der Waals surface area contributed by atoms with Crippen molar-refractivity contribution in [2.24, 2.45) is 11.8 Å². The molecule has 2 aromatic rings. The zero-order valence-electron chi connectivity index (χ0n) is 19.0. The van der Waals surface area contributed by atoms with Crippen LogP contribution in [-0.2, 0) is 19.7 Å². The molecule has 170 valence electrons. The van der Waals surface area contributed by atoms with Crippen molar-refractivity contribution in [3.05, 3.63) is 52.4 Å². The van der Waals surface area contributed by atoms with Crippen molar-refractivity contribution >= 4 is 34.2 Å². The Labute approximate surface area is 192 Å². The molecule has 0 saturated carbocycles. The standard InChI is InChI=1S/C25H29NO5S/c1-14-19(15-10-12-16(13-11-15)25(2,3)4)20(24(30)31-5)22(32-14)26-21(27)17-8-6-7-9-18(17)23(28)29/h6-7,10-13,17-18H,8-9H2,1-5H3,(H,26,27)(H,28,29)/p-1/t17-,18-/m0/s1. The molecule has 1 aliphatic rings. The summed E-state index contributed by atoms with van der Waals surface area (Å²) in [6, 6.07) is 7.99. The first-order valence-corrected chi connectivity index (χ1v) is 11.4. The fourth-order valence-corrected chi connectivity index (χ4v) is 5.05. The number of carboxylic acid groups (broad SMARTS) is 1. The molecule has 0 fully saturated rings. The number of benzene rings is 1. The Bertz CT molecular complexity index is 1060. The summed E-state index contributed by atoms with van der Waals surface area (Å²) in [5, 5.41) is 14.7. The van der Waals surface area contributed by atoms with Gasteiger partial charge in [-0.15, -0.1) is 11.3 Å². The smallest absolute Gasteiger partial charge is 0.341 e. The number of ether oxygens (including phenoxy) is 1. The van der Waals surface area contributed by atoms with Crippen LogP contribution in [-0.4, -0.2) is 25.0 Å². The lowest BCUT2D eigenvalue weighted by molar-refractivity contribution is -0.313. The van der Waals surface area contributed by atoms with Crippen LogP contribution in [0.15, 0.2) is 36.4 Å². The number of esters is 1. The van der Waals surface area contributed by atoms with E-state index in [9.17, 15) is 19.5 Å². The molecule has 6 nitrogen and oxygen atoms in total. The van der Waals surface area contributed by atoms with Gasteiger partial charge in [0.1, 0.15) is 10.6 Å². The third-order valence-corrected chi connectivity index (χ3v) is 6.84. The first kappa shape index (κ1) is 23.7. The number of anilines is 1. The van der Waals surface area contributed by atoms with E-state index in [1.165, 1.54) is 24.0 Å². The number of hydrogen-bond acceptors (Lipinski definition) is 6. The average molecular weight is 455 g/mol. The van der Waals surface area contributed by atoms with Gasteiger partial charge in [0, 0.05) is 22.3 Å². The number of hydrogen-bond donors (Lipinski definition) is 1. The minimum Gasteiger partial charge on any atom is -0.550 e. The van der Waals surface area contributed by atoms with Crippen molar-refractivity contribution in [2.45, 2.75) is 46.0 Å². The molecule has 1 heterocycles. The number of carbonyl (C=O) groups excluding carboxylic acids is 3. The van der Waals surface area contributed by atoms with Gasteiger partial charge in [0.15, 0.2) is 0 Å². The lowest BCUT2D eigenvalue weighted by atomic mass is 9.82. The van der Waals surface area contributed by atoms with E-state index in [1.807, 2.05) is 31.2 Å². The topological polar surface area (TPSA) is 95.5 Å². The van der Waals surface area contributed by atoms with E-state index in [0.717, 1.165) is 10.4 Å². The summed E-state index contributed by atoms with van der Waals surface area (Å²) in [5.74, 6) is -3.90. The number of aliphatic carboxylic acids is 1. The van der Waals surface area contributed by atoms with Gasteiger partial charge in [-0.2, -0.15) is 0 Å². The molecule has 32 heavy (non-hydrogen) atoms. The van der Waals surface area contributed by atoms with Crippen LogP contribution in [0.2, 0.25) is 0 Å². The number of amides is 1. The van der Waals surface area contributed by atoms with Gasteiger partial charge in [-0.05, 0) is 36.3 Å². The SMILES string of the molecule is COC(=O)c1c(NC(=O)[C@H]2CC=CC[C@@H]2C(=O)[O-])sc(C)c1-c1ccc(C(C)(C)C)cc1. The lowest BCUT2D eigenvalue weighted by Gasteiger charge is -2.28. The minimum absolute atomic E-state index is 0.00346. The molecule has 0 radical (unpaired) electrons. The van der Waals surface area contributed by atoms with Crippen LogP contribution in [0.4, 0.5) is 5.00 Å². The van der Waals surface area contributed by atoms with Gasteiger partial charge < -0.3 is 20.0 Å². The Balaban J connectivity index is 1.99. The molecule has 0 saturated heterocycles. The van der Waals surface area contributed by atoms with Crippen LogP contribution in [0.1, 0.15) is 54.4 Å². The number of nitrogens with one attached hydrogen (secondary N) is 1. The number of carboxylic acids is 1. The zero-order valence-corrected chi connectivity index (χ0v) is 19.8. The monoisotopic (exact) mass is 454 g/mol. The third-order valence-electron chi connectivity index (χ3n) is 5.82. The molecule has 0 bridgehead atoms. The largest absolute Gasteiger partial charge is 0.550 e. The van der Waals surface area contributed by atoms with Crippen molar-refractivity contribution in [2.75, 3.05) is 12.4 Å². The Morgan fingerprint density at radius 2 is 1.66 bits per heavy atom. The highest BCUT2D eigenvalue weighted by Gasteiger charge is 2.32. The number of allylic oxidation sites excluding steroid dienone is 2. The molecule has 1 aromatic heterocycles. The minimum atomic E-state index is -1.25. The molecule has 0 unspecified atom stereocenters. The lowest BCUT2D eigenvalue weighted by Crippen LogP contribution is -2.41. The Kier molecular flexibility index (Phi) is 6.88. The van der Waals surface area contributed by atoms with E-state index < -0.39 is 29.7 Å². The van der Waals surface area contributed by atoms with Crippen molar-refractivity contribution in [3.8, 4) is 11.1 Å². The summed E-state index contributed by atoms with van der Waals surface area (Å²) in [4.78, 5) is 38.0. The third kappa shape index (κ3) is 4.78. The van der Waals surface area contributed by atoms with Crippen LogP contribution in [0.25, 0.3) is 11.1 Å². The fraction of sp³-hybridized carbons (Fsp3) is 0.400. The number of methoxy groups -OCH3 is 1. The fourth-order valence-electron chi connectivity index (χ4n) is 3.98. The highest BCUT2D eigenvalue weighted by atomic mass is 32.1. The summed E-state index contributed by atoms with van der Waals surface area (Å²) >= 11 is 1.28. The average Bonchev–Trinajstić information content (AvgIpc) is 3.08. The summed E-state index contributed by atoms with van der Waals surface area (Å²) in [5.41, 5.74) is 3.00. The molecule has 3 rings (SSSR count). The normalized spacial score (nSPS) is 18.3. The molecule has 1 aromatic carbocycles. The molecule has 0 spiro atoms. The van der Waals surface area contributed by atoms with Gasteiger partial charge in [-0.25, -0.2) is 4.79 Å². The quantitative estimate of drug-likeness (QED) is 0.543. The molecule has 7 heteroatoms. The Hall–Kier alpha value is -2.93. The van der Waals surface area contributed by atoms with Crippen LogP contribution < -0.4 is 10.4 Å². The molecular formula is C25H28NO5S-. The van der Waals surface area contributed by atoms with Crippen molar-refractivity contribution in [1.82, 2.24) is 0 Å². The Morgan fingerprint density at radius 3 is 2.19 bits per heavy atom. The molecule has 1 N–H and O–H groups in total. The summed E-state index contributed by atoms with van der Waals surface area (Å²) < 4.78 is 5.02. The van der Waals surface area contributed by atoms with Crippen LogP contribution in [0.3, 0.4) is 0 Å². The number of aryl methyl sites for hydroxylation is 1. The predicted octanol–water partition coefficient (Wildman–Crippen LogP) is 4.08. The number of thiophene rings is 1. The van der Waals surface area contributed by atoms with Gasteiger partial charge in [-0.1, -0.05) is 57.2 Å². The van der Waals surface area contributed by atoms with Gasteiger partial charge in [0.25, 0.3) is 0 Å². The van der Waals surface area contributed by atoms with Gasteiger partial charge >= 0.3 is 5.97 Å². The molecule has 1 aliphatic carbocycles. The number of carbonyl (C=O) groups is 3. The molecule has 2 atom stereocenters. The highest BCUT2D eigenvalue weighted by molar-refractivity contribution is 7.17. The van der Waals surface area contributed by atoms with Crippen molar-refractivity contribution in [1.29, 1.82) is 0 Å². The second kappa shape index (κ2) is 9.28. The van der Waals surface area contributed by atoms with Gasteiger partial charge in [-0.3, -0.25) is 4.79 Å². The van der Waals surface area contributed by atoms with E-state index >= 15 is 0 Å². The second-order valence-electron chi connectivity index (χ2n) is 9.02. The van der Waals surface area contributed by atoms with Gasteiger partial charge in [0.05, 0.1) is 13.0 Å². The zero-order chi connectivity index (χ0) is 23.6. The summed E-state index contributed by atoms with van der Waals surface area (Å²) in [7, 11) is 1.30. The van der Waals surface area contributed by atoms with Crippen LogP contribution in [0, 0.1) is 18.8 Å². The van der Waals surface area contributed by atoms with E-state index in [1.54, 1.807) is 12.2 Å². The first-order chi connectivity index (χ1) is 15.0. The number of rotatable bonds is 5. The van der Waals surface area contributed by atoms with Crippen molar-refractivity contribution < 1.29 is 24.2 Å². The van der Waals surface area contributed by atoms with Crippen LogP contribution in [0.5, 0.6) is 0 Å². The van der Waals surface area contributed by atoms with Crippen molar-refractivity contribution in [3.63, 3.8) is 0 Å². The van der Waals surface area contributed by atoms with E-state index in [4.69, 9.17) is 4.74 Å². The maximum absolute atomic E-state index is 13.0. The summed E-state index contributed by atoms with van der Waals surface area (Å²) in [6.45, 7) is 8.27. The second-order valence-corrected chi connectivity index (χ2v) is 10.2. The van der Waals surface area contributed by atoms with Gasteiger partial charge in [0.2, 0.25) is 5.91 Å². The highest BCUT2D eigenvalue weighted by Crippen LogP contribution is 2.41. The maximum atomic E-state index is 13.0. The molecule has 0 aliphatic heterocycles. The predicted molar refractivity (Wildman–Crippen MR) is 124 cm³/mol. The summed E-state index contributed by atoms with van der Waals surface area (Å²) in [6.07, 6.45) is 4.11. The van der Waals surface area contributed by atoms with E-state index in [0.29, 0.717) is 17.0 Å². The first-order valence-electron chi connectivity index (χ1n) is 10.5. The molecular weight excluding hydrogens is 426 g/mol. The maximum Gasteiger partial charge on any atom is 0.341 e. The van der Waals surface area contributed by atoms with Crippen LogP contribution >= 0.6 is 11.3 Å². The van der Waals surface area contributed by atoms with E-state index in [-0.39, 0.29) is 17.4 Å². The molecule has 1 amide bonds.